The van der Waals surface area contributed by atoms with Crippen molar-refractivity contribution in [1.29, 1.82) is 0 Å². The number of aromatic hydroxyl groups is 2. The van der Waals surface area contributed by atoms with Crippen LogP contribution in [0.1, 0.15) is 25.3 Å². The van der Waals surface area contributed by atoms with Gasteiger partial charge < -0.3 is 25.2 Å². The van der Waals surface area contributed by atoms with Crippen LogP contribution in [0.5, 0.6) is 11.5 Å². The van der Waals surface area contributed by atoms with Gasteiger partial charge in [0.25, 0.3) is 0 Å². The lowest BCUT2D eigenvalue weighted by Gasteiger charge is -2.31. The van der Waals surface area contributed by atoms with E-state index in [1.54, 1.807) is 24.0 Å². The molecule has 0 spiro atoms. The third-order valence-corrected chi connectivity index (χ3v) is 3.66. The first-order valence-corrected chi connectivity index (χ1v) is 7.26. The molecule has 1 aliphatic heterocycles. The molecule has 21 heavy (non-hydrogen) atoms. The third-order valence-electron chi connectivity index (χ3n) is 3.66. The summed E-state index contributed by atoms with van der Waals surface area (Å²) in [6.07, 6.45) is 1.52. The SMILES string of the molecule is CCOC(=O)N1CCC(NCc2ccc(O)c(O)c2)CC1. The smallest absolute Gasteiger partial charge is 0.409 e. The largest absolute Gasteiger partial charge is 0.504 e. The summed E-state index contributed by atoms with van der Waals surface area (Å²) in [5.41, 5.74) is 0.915. The van der Waals surface area contributed by atoms with Crippen molar-refractivity contribution in [3.05, 3.63) is 23.8 Å². The fourth-order valence-electron chi connectivity index (χ4n) is 2.42. The number of rotatable bonds is 4. The molecular weight excluding hydrogens is 272 g/mol. The number of carbonyl (C=O) groups excluding carboxylic acids is 1. The molecule has 0 unspecified atom stereocenters. The van der Waals surface area contributed by atoms with Gasteiger partial charge in [-0.1, -0.05) is 6.07 Å². The van der Waals surface area contributed by atoms with E-state index in [1.165, 1.54) is 6.07 Å². The minimum absolute atomic E-state index is 0.105. The number of hydrogen-bond donors (Lipinski definition) is 3. The summed E-state index contributed by atoms with van der Waals surface area (Å²) in [6.45, 7) is 4.22. The molecule has 0 bridgehead atoms. The molecule has 6 heteroatoms. The predicted molar refractivity (Wildman–Crippen MR) is 78.2 cm³/mol. The Kier molecular flexibility index (Phi) is 5.27. The molecule has 0 radical (unpaired) electrons. The molecule has 1 saturated heterocycles. The van der Waals surface area contributed by atoms with Crippen LogP contribution in [-0.2, 0) is 11.3 Å². The molecule has 6 nitrogen and oxygen atoms in total. The molecule has 0 saturated carbocycles. The van der Waals surface area contributed by atoms with E-state index in [0.29, 0.717) is 32.3 Å². The van der Waals surface area contributed by atoms with E-state index in [4.69, 9.17) is 4.74 Å². The van der Waals surface area contributed by atoms with Gasteiger partial charge in [-0.25, -0.2) is 4.79 Å². The van der Waals surface area contributed by atoms with Gasteiger partial charge in [0.1, 0.15) is 0 Å². The maximum atomic E-state index is 11.6. The second-order valence-corrected chi connectivity index (χ2v) is 5.16. The van der Waals surface area contributed by atoms with E-state index >= 15 is 0 Å². The van der Waals surface area contributed by atoms with Gasteiger partial charge in [-0.15, -0.1) is 0 Å². The molecule has 0 aliphatic carbocycles. The topological polar surface area (TPSA) is 82.0 Å². The van der Waals surface area contributed by atoms with Crippen LogP contribution in [0.2, 0.25) is 0 Å². The number of piperidine rings is 1. The normalized spacial score (nSPS) is 16.0. The second kappa shape index (κ2) is 7.17. The monoisotopic (exact) mass is 294 g/mol. The van der Waals surface area contributed by atoms with Gasteiger partial charge in [0, 0.05) is 25.7 Å². The molecule has 2 rings (SSSR count). The number of nitrogens with one attached hydrogen (secondary N) is 1. The van der Waals surface area contributed by atoms with Crippen molar-refractivity contribution in [3.63, 3.8) is 0 Å². The Bertz CT molecular complexity index is 485. The molecule has 0 atom stereocenters. The van der Waals surface area contributed by atoms with Crippen molar-refractivity contribution in [3.8, 4) is 11.5 Å². The first-order valence-electron chi connectivity index (χ1n) is 7.26. The van der Waals surface area contributed by atoms with E-state index in [2.05, 4.69) is 5.32 Å². The van der Waals surface area contributed by atoms with Gasteiger partial charge in [-0.05, 0) is 37.5 Å². The number of hydrogen-bond acceptors (Lipinski definition) is 5. The zero-order chi connectivity index (χ0) is 15.2. The third kappa shape index (κ3) is 4.26. The van der Waals surface area contributed by atoms with Crippen LogP contribution in [0.4, 0.5) is 4.79 Å². The highest BCUT2D eigenvalue weighted by atomic mass is 16.6. The Balaban J connectivity index is 1.76. The molecule has 116 valence electrons. The summed E-state index contributed by atoms with van der Waals surface area (Å²) in [6, 6.07) is 5.15. The number of carbonyl (C=O) groups is 1. The van der Waals surface area contributed by atoms with Crippen LogP contribution in [0.3, 0.4) is 0 Å². The van der Waals surface area contributed by atoms with Crippen molar-refractivity contribution in [2.24, 2.45) is 0 Å². The summed E-state index contributed by atoms with van der Waals surface area (Å²) in [7, 11) is 0. The fourth-order valence-corrected chi connectivity index (χ4v) is 2.42. The van der Waals surface area contributed by atoms with E-state index in [9.17, 15) is 15.0 Å². The van der Waals surface area contributed by atoms with Crippen LogP contribution in [0, 0.1) is 0 Å². The predicted octanol–water partition coefficient (Wildman–Crippen LogP) is 1.81. The Morgan fingerprint density at radius 1 is 1.33 bits per heavy atom. The molecule has 1 aliphatic rings. The summed E-state index contributed by atoms with van der Waals surface area (Å²) in [4.78, 5) is 13.3. The van der Waals surface area contributed by atoms with E-state index in [0.717, 1.165) is 18.4 Å². The average molecular weight is 294 g/mol. The zero-order valence-corrected chi connectivity index (χ0v) is 12.2. The van der Waals surface area contributed by atoms with Crippen LogP contribution < -0.4 is 5.32 Å². The minimum atomic E-state index is -0.237. The molecule has 1 aromatic rings. The Morgan fingerprint density at radius 3 is 2.67 bits per heavy atom. The number of phenolic OH excluding ortho intramolecular Hbond substituents is 2. The molecule has 1 fully saturated rings. The number of nitrogens with zero attached hydrogens (tertiary/aromatic N) is 1. The van der Waals surface area contributed by atoms with E-state index in [1.807, 2.05) is 0 Å². The maximum absolute atomic E-state index is 11.6. The first-order chi connectivity index (χ1) is 10.1. The van der Waals surface area contributed by atoms with Crippen molar-refractivity contribution in [1.82, 2.24) is 10.2 Å². The zero-order valence-electron chi connectivity index (χ0n) is 12.2. The number of ether oxygens (including phenoxy) is 1. The van der Waals surface area contributed by atoms with E-state index < -0.39 is 0 Å². The highest BCUT2D eigenvalue weighted by Crippen LogP contribution is 2.25. The van der Waals surface area contributed by atoms with Gasteiger partial charge in [0.05, 0.1) is 6.61 Å². The van der Waals surface area contributed by atoms with Gasteiger partial charge in [0.2, 0.25) is 0 Å². The Hall–Kier alpha value is -1.95. The fraction of sp³-hybridized carbons (Fsp3) is 0.533. The number of benzene rings is 1. The number of likely N-dealkylation sites (tertiary alicyclic amines) is 1. The Labute approximate surface area is 124 Å². The summed E-state index contributed by atoms with van der Waals surface area (Å²) >= 11 is 0. The summed E-state index contributed by atoms with van der Waals surface area (Å²) < 4.78 is 4.99. The molecule has 3 N–H and O–H groups in total. The lowest BCUT2D eigenvalue weighted by atomic mass is 10.0. The summed E-state index contributed by atoms with van der Waals surface area (Å²) in [5, 5.41) is 22.1. The standard InChI is InChI=1S/C15H22N2O4/c1-2-21-15(20)17-7-5-12(6-8-17)16-10-11-3-4-13(18)14(19)9-11/h3-4,9,12,16,18-19H,2,5-8,10H2,1H3. The van der Waals surface area contributed by atoms with Crippen molar-refractivity contribution < 1.29 is 19.7 Å². The summed E-state index contributed by atoms with van der Waals surface area (Å²) in [5.74, 6) is -0.215. The van der Waals surface area contributed by atoms with Gasteiger partial charge in [-0.3, -0.25) is 0 Å². The maximum Gasteiger partial charge on any atom is 0.409 e. The molecular formula is C15H22N2O4. The second-order valence-electron chi connectivity index (χ2n) is 5.16. The van der Waals surface area contributed by atoms with Gasteiger partial charge in [0.15, 0.2) is 11.5 Å². The van der Waals surface area contributed by atoms with Crippen LogP contribution in [0.25, 0.3) is 0 Å². The van der Waals surface area contributed by atoms with Gasteiger partial charge >= 0.3 is 6.09 Å². The highest BCUT2D eigenvalue weighted by Gasteiger charge is 2.23. The quantitative estimate of drug-likeness (QED) is 0.738. The minimum Gasteiger partial charge on any atom is -0.504 e. The van der Waals surface area contributed by atoms with Crippen LogP contribution in [-0.4, -0.2) is 46.9 Å². The first kappa shape index (κ1) is 15.4. The molecule has 1 amide bonds. The molecule has 1 heterocycles. The van der Waals surface area contributed by atoms with Crippen molar-refractivity contribution in [2.75, 3.05) is 19.7 Å². The van der Waals surface area contributed by atoms with Crippen LogP contribution in [0.15, 0.2) is 18.2 Å². The Morgan fingerprint density at radius 2 is 2.05 bits per heavy atom. The van der Waals surface area contributed by atoms with Crippen molar-refractivity contribution >= 4 is 6.09 Å². The molecule has 1 aromatic carbocycles. The number of amides is 1. The lowest BCUT2D eigenvalue weighted by Crippen LogP contribution is -2.44. The lowest BCUT2D eigenvalue weighted by molar-refractivity contribution is 0.0950. The molecule has 0 aromatic heterocycles. The average Bonchev–Trinajstić information content (AvgIpc) is 2.49. The van der Waals surface area contributed by atoms with Crippen LogP contribution >= 0.6 is 0 Å². The van der Waals surface area contributed by atoms with Crippen molar-refractivity contribution in [2.45, 2.75) is 32.4 Å². The van der Waals surface area contributed by atoms with E-state index in [-0.39, 0.29) is 17.6 Å². The van der Waals surface area contributed by atoms with Gasteiger partial charge in [-0.2, -0.15) is 0 Å². The highest BCUT2D eigenvalue weighted by molar-refractivity contribution is 5.67. The number of phenols is 2.